The maximum atomic E-state index is 11.1. The van der Waals surface area contributed by atoms with E-state index in [1.807, 2.05) is 0 Å². The Hall–Kier alpha value is -0.620. The molecule has 0 aliphatic rings. The predicted molar refractivity (Wildman–Crippen MR) is 62.6 cm³/mol. The van der Waals surface area contributed by atoms with E-state index < -0.39 is 14.1 Å². The molecule has 0 spiro atoms. The summed E-state index contributed by atoms with van der Waals surface area (Å²) < 4.78 is 22.3. The van der Waals surface area contributed by atoms with Crippen LogP contribution in [0.3, 0.4) is 0 Å². The highest BCUT2D eigenvalue weighted by Crippen LogP contribution is 2.27. The lowest BCUT2D eigenvalue weighted by Gasteiger charge is -2.02. The lowest BCUT2D eigenvalue weighted by Crippen LogP contribution is -1.99. The zero-order valence-electron chi connectivity index (χ0n) is 7.49. The SMILES string of the molecule is O=S(=O)(Cl)c1nc2cccc(Cl)c2nc1Cl. The average molecular weight is 298 g/mol. The Morgan fingerprint density at radius 3 is 2.44 bits per heavy atom. The van der Waals surface area contributed by atoms with Crippen molar-refractivity contribution in [1.82, 2.24) is 9.97 Å². The highest BCUT2D eigenvalue weighted by Gasteiger charge is 2.19. The molecule has 1 aromatic heterocycles. The van der Waals surface area contributed by atoms with Gasteiger partial charge in [0.25, 0.3) is 9.05 Å². The van der Waals surface area contributed by atoms with Crippen molar-refractivity contribution in [3.8, 4) is 0 Å². The molecule has 84 valence electrons. The van der Waals surface area contributed by atoms with Gasteiger partial charge in [0.1, 0.15) is 5.52 Å². The summed E-state index contributed by atoms with van der Waals surface area (Å²) in [6.07, 6.45) is 0. The molecule has 0 unspecified atom stereocenters. The van der Waals surface area contributed by atoms with Crippen LogP contribution in [-0.4, -0.2) is 18.4 Å². The molecule has 0 radical (unpaired) electrons. The molecule has 0 amide bonds. The fourth-order valence-electron chi connectivity index (χ4n) is 1.16. The monoisotopic (exact) mass is 296 g/mol. The van der Waals surface area contributed by atoms with Gasteiger partial charge < -0.3 is 0 Å². The maximum absolute atomic E-state index is 11.1. The summed E-state index contributed by atoms with van der Waals surface area (Å²) >= 11 is 11.5. The summed E-state index contributed by atoms with van der Waals surface area (Å²) in [5.74, 6) is 0. The van der Waals surface area contributed by atoms with E-state index in [9.17, 15) is 8.42 Å². The van der Waals surface area contributed by atoms with Gasteiger partial charge >= 0.3 is 0 Å². The van der Waals surface area contributed by atoms with Crippen molar-refractivity contribution in [2.45, 2.75) is 5.03 Å². The minimum absolute atomic E-state index is 0.296. The molecule has 1 aromatic carbocycles. The van der Waals surface area contributed by atoms with Crippen molar-refractivity contribution < 1.29 is 8.42 Å². The Morgan fingerprint density at radius 2 is 1.81 bits per heavy atom. The highest BCUT2D eigenvalue weighted by molar-refractivity contribution is 8.13. The third kappa shape index (κ3) is 2.08. The van der Waals surface area contributed by atoms with E-state index in [1.54, 1.807) is 18.2 Å². The number of fused-ring (bicyclic) bond motifs is 1. The van der Waals surface area contributed by atoms with Crippen LogP contribution < -0.4 is 0 Å². The number of nitrogens with zero attached hydrogens (tertiary/aromatic N) is 2. The number of benzene rings is 1. The van der Waals surface area contributed by atoms with Gasteiger partial charge in [0.2, 0.25) is 5.03 Å². The number of rotatable bonds is 1. The van der Waals surface area contributed by atoms with Gasteiger partial charge in [-0.05, 0) is 12.1 Å². The summed E-state index contributed by atoms with van der Waals surface area (Å²) in [7, 11) is 1.14. The van der Waals surface area contributed by atoms with Gasteiger partial charge in [-0.2, -0.15) is 0 Å². The van der Waals surface area contributed by atoms with Crippen molar-refractivity contribution in [3.63, 3.8) is 0 Å². The third-order valence-corrected chi connectivity index (χ3v) is 3.67. The second-order valence-corrected chi connectivity index (χ2v) is 6.11. The molecule has 0 fully saturated rings. The maximum Gasteiger partial charge on any atom is 0.281 e. The van der Waals surface area contributed by atoms with Crippen LogP contribution in [0.1, 0.15) is 0 Å². The smallest absolute Gasteiger partial charge is 0.230 e. The number of aromatic nitrogens is 2. The lowest BCUT2D eigenvalue weighted by atomic mass is 10.3. The summed E-state index contributed by atoms with van der Waals surface area (Å²) in [5.41, 5.74) is 0.648. The average Bonchev–Trinajstić information content (AvgIpc) is 2.17. The fraction of sp³-hybridized carbons (Fsp3) is 0. The van der Waals surface area contributed by atoms with Gasteiger partial charge in [0.15, 0.2) is 5.15 Å². The van der Waals surface area contributed by atoms with Crippen LogP contribution in [0, 0.1) is 0 Å². The summed E-state index contributed by atoms with van der Waals surface area (Å²) in [4.78, 5) is 7.66. The Kier molecular flexibility index (Phi) is 2.96. The standard InChI is InChI=1S/C8H3Cl3N2O2S/c9-4-2-1-3-5-6(4)13-7(10)8(12-5)16(11,14)15/h1-3H. The molecular formula is C8H3Cl3N2O2S. The quantitative estimate of drug-likeness (QED) is 0.759. The molecule has 0 aliphatic heterocycles. The number of para-hydroxylation sites is 1. The Morgan fingerprint density at radius 1 is 1.12 bits per heavy atom. The fourth-order valence-corrected chi connectivity index (χ4v) is 2.70. The minimum atomic E-state index is -4.01. The first kappa shape index (κ1) is 11.9. The van der Waals surface area contributed by atoms with Gasteiger partial charge in [-0.1, -0.05) is 29.3 Å². The summed E-state index contributed by atoms with van der Waals surface area (Å²) in [6.45, 7) is 0. The van der Waals surface area contributed by atoms with Crippen LogP contribution in [0.15, 0.2) is 23.2 Å². The van der Waals surface area contributed by atoms with Gasteiger partial charge in [0, 0.05) is 10.7 Å². The topological polar surface area (TPSA) is 59.9 Å². The van der Waals surface area contributed by atoms with Crippen LogP contribution in [0.25, 0.3) is 11.0 Å². The molecule has 16 heavy (non-hydrogen) atoms. The van der Waals surface area contributed by atoms with Crippen LogP contribution in [-0.2, 0) is 9.05 Å². The molecule has 2 aromatic rings. The van der Waals surface area contributed by atoms with Gasteiger partial charge in [0.05, 0.1) is 10.5 Å². The lowest BCUT2D eigenvalue weighted by molar-refractivity contribution is 0.606. The first-order valence-corrected chi connectivity index (χ1v) is 7.02. The van der Waals surface area contributed by atoms with Crippen molar-refractivity contribution >= 4 is 54.0 Å². The normalized spacial score (nSPS) is 11.9. The van der Waals surface area contributed by atoms with Crippen molar-refractivity contribution in [1.29, 1.82) is 0 Å². The van der Waals surface area contributed by atoms with Crippen molar-refractivity contribution in [2.75, 3.05) is 0 Å². The molecule has 1 heterocycles. The molecule has 0 bridgehead atoms. The first-order chi connectivity index (χ1) is 7.39. The second kappa shape index (κ2) is 4.00. The zero-order valence-corrected chi connectivity index (χ0v) is 10.6. The molecule has 0 saturated carbocycles. The van der Waals surface area contributed by atoms with Crippen LogP contribution in [0.2, 0.25) is 10.2 Å². The largest absolute Gasteiger partial charge is 0.281 e. The van der Waals surface area contributed by atoms with E-state index in [4.69, 9.17) is 33.9 Å². The second-order valence-electron chi connectivity index (χ2n) is 2.86. The summed E-state index contributed by atoms with van der Waals surface area (Å²) in [5, 5.41) is -0.424. The number of hydrogen-bond acceptors (Lipinski definition) is 4. The van der Waals surface area contributed by atoms with E-state index in [1.165, 1.54) is 0 Å². The molecule has 0 N–H and O–H groups in total. The van der Waals surface area contributed by atoms with E-state index in [0.717, 1.165) is 0 Å². The van der Waals surface area contributed by atoms with Crippen LogP contribution in [0.4, 0.5) is 0 Å². The van der Waals surface area contributed by atoms with Crippen molar-refractivity contribution in [3.05, 3.63) is 28.4 Å². The predicted octanol–water partition coefficient (Wildman–Crippen LogP) is 2.86. The van der Waals surface area contributed by atoms with E-state index in [-0.39, 0.29) is 5.15 Å². The Labute approximate surface area is 106 Å². The van der Waals surface area contributed by atoms with E-state index in [0.29, 0.717) is 16.1 Å². The zero-order chi connectivity index (χ0) is 11.9. The highest BCUT2D eigenvalue weighted by atomic mass is 35.7. The van der Waals surface area contributed by atoms with Gasteiger partial charge in [-0.25, -0.2) is 18.4 Å². The number of halogens is 3. The van der Waals surface area contributed by atoms with E-state index in [2.05, 4.69) is 9.97 Å². The van der Waals surface area contributed by atoms with Gasteiger partial charge in [-0.3, -0.25) is 0 Å². The molecular weight excluding hydrogens is 295 g/mol. The van der Waals surface area contributed by atoms with Crippen LogP contribution in [0.5, 0.6) is 0 Å². The third-order valence-electron chi connectivity index (χ3n) is 1.80. The van der Waals surface area contributed by atoms with Gasteiger partial charge in [-0.15, -0.1) is 0 Å². The first-order valence-electron chi connectivity index (χ1n) is 3.96. The molecule has 0 saturated heterocycles. The van der Waals surface area contributed by atoms with Crippen molar-refractivity contribution in [2.24, 2.45) is 0 Å². The molecule has 0 atom stereocenters. The molecule has 8 heteroatoms. The van der Waals surface area contributed by atoms with Crippen LogP contribution >= 0.6 is 33.9 Å². The summed E-state index contributed by atoms with van der Waals surface area (Å²) in [6, 6.07) is 4.79. The minimum Gasteiger partial charge on any atom is -0.230 e. The molecule has 4 nitrogen and oxygen atoms in total. The molecule has 0 aliphatic carbocycles. The molecule has 2 rings (SSSR count). The Bertz CT molecular complexity index is 672. The number of hydrogen-bond donors (Lipinski definition) is 0. The van der Waals surface area contributed by atoms with E-state index >= 15 is 0 Å². The Balaban J connectivity index is 2.88.